The number of anilines is 2. The lowest BCUT2D eigenvalue weighted by Gasteiger charge is -2.36. The third-order valence-corrected chi connectivity index (χ3v) is 5.64. The van der Waals surface area contributed by atoms with Gasteiger partial charge in [0.1, 0.15) is 17.2 Å². The number of allylic oxidation sites excluding steroid dienone is 1. The molecule has 31 heavy (non-hydrogen) atoms. The molecular weight excluding hydrogens is 398 g/mol. The van der Waals surface area contributed by atoms with Crippen molar-refractivity contribution in [3.05, 3.63) is 41.4 Å². The van der Waals surface area contributed by atoms with Crippen molar-refractivity contribution in [2.24, 2.45) is 4.99 Å². The van der Waals surface area contributed by atoms with Crippen LogP contribution in [-0.4, -0.2) is 62.0 Å². The Morgan fingerprint density at radius 1 is 1.42 bits per heavy atom. The smallest absolute Gasteiger partial charge is 0.261 e. The Hall–Kier alpha value is -3.17. The summed E-state index contributed by atoms with van der Waals surface area (Å²) in [5, 5.41) is 23.3. The van der Waals surface area contributed by atoms with Gasteiger partial charge in [0.2, 0.25) is 0 Å². The van der Waals surface area contributed by atoms with Gasteiger partial charge < -0.3 is 35.5 Å². The van der Waals surface area contributed by atoms with Crippen LogP contribution in [0.2, 0.25) is 0 Å². The summed E-state index contributed by atoms with van der Waals surface area (Å²) in [6.45, 7) is 4.41. The summed E-state index contributed by atoms with van der Waals surface area (Å²) in [7, 11) is 0. The standard InChI is InChI=1S/C22H27N5O4/c1-22(14-28)4-3-15-11-17(18(12-19(15)31-22)27-7-9-30-10-8-27)26-21(29)16(13-23)20-24-5-2-6-25-20/h2,5-6,11-13,23-24,28H,3-4,7-10,14H2,1H3,(H,26,29)/b20-16-,23-13?. The van der Waals surface area contributed by atoms with Gasteiger partial charge in [-0.15, -0.1) is 0 Å². The second-order valence-corrected chi connectivity index (χ2v) is 7.93. The maximum Gasteiger partial charge on any atom is 0.261 e. The molecular formula is C22H27N5O4. The van der Waals surface area contributed by atoms with E-state index in [1.165, 1.54) is 0 Å². The molecule has 0 spiro atoms. The van der Waals surface area contributed by atoms with Crippen molar-refractivity contribution in [1.29, 1.82) is 5.41 Å². The fraction of sp³-hybridized carbons (Fsp3) is 0.409. The van der Waals surface area contributed by atoms with Crippen molar-refractivity contribution in [3.63, 3.8) is 0 Å². The molecule has 0 aliphatic carbocycles. The number of ether oxygens (including phenoxy) is 2. The Bertz CT molecular complexity index is 965. The average molecular weight is 425 g/mol. The number of carbonyl (C=O) groups excluding carboxylic acids is 1. The highest BCUT2D eigenvalue weighted by Crippen LogP contribution is 2.40. The fourth-order valence-electron chi connectivity index (χ4n) is 3.80. The van der Waals surface area contributed by atoms with E-state index in [0.717, 1.165) is 29.6 Å². The van der Waals surface area contributed by atoms with Crippen LogP contribution in [0.15, 0.2) is 40.8 Å². The van der Waals surface area contributed by atoms with Gasteiger partial charge in [0.25, 0.3) is 5.91 Å². The maximum atomic E-state index is 13.0. The number of nitrogens with zero attached hydrogens (tertiary/aromatic N) is 2. The number of aryl methyl sites for hydroxylation is 1. The number of morpholine rings is 1. The number of benzene rings is 1. The van der Waals surface area contributed by atoms with Gasteiger partial charge in [-0.1, -0.05) is 0 Å². The molecule has 0 saturated carbocycles. The molecule has 9 nitrogen and oxygen atoms in total. The maximum absolute atomic E-state index is 13.0. The van der Waals surface area contributed by atoms with E-state index in [2.05, 4.69) is 20.5 Å². The number of nitrogens with one attached hydrogen (secondary N) is 3. The second kappa shape index (κ2) is 8.91. The largest absolute Gasteiger partial charge is 0.485 e. The second-order valence-electron chi connectivity index (χ2n) is 7.93. The minimum atomic E-state index is -0.615. The van der Waals surface area contributed by atoms with E-state index in [-0.39, 0.29) is 12.2 Å². The van der Waals surface area contributed by atoms with Crippen LogP contribution in [-0.2, 0) is 16.0 Å². The molecule has 3 aliphatic rings. The van der Waals surface area contributed by atoms with Crippen LogP contribution in [0.25, 0.3) is 0 Å². The van der Waals surface area contributed by atoms with Crippen molar-refractivity contribution in [1.82, 2.24) is 5.32 Å². The summed E-state index contributed by atoms with van der Waals surface area (Å²) in [5.41, 5.74) is 1.97. The van der Waals surface area contributed by atoms with Gasteiger partial charge in [-0.25, -0.2) is 4.99 Å². The lowest BCUT2D eigenvalue weighted by Crippen LogP contribution is -2.40. The van der Waals surface area contributed by atoms with E-state index < -0.39 is 11.5 Å². The number of amides is 1. The van der Waals surface area contributed by atoms with Crippen molar-refractivity contribution in [2.75, 3.05) is 43.1 Å². The third kappa shape index (κ3) is 4.47. The van der Waals surface area contributed by atoms with Crippen molar-refractivity contribution in [3.8, 4) is 5.75 Å². The van der Waals surface area contributed by atoms with Gasteiger partial charge in [-0.3, -0.25) is 4.79 Å². The zero-order valence-corrected chi connectivity index (χ0v) is 17.5. The number of rotatable bonds is 5. The third-order valence-electron chi connectivity index (χ3n) is 5.64. The van der Waals surface area contributed by atoms with Crippen LogP contribution in [0.5, 0.6) is 5.75 Å². The quantitative estimate of drug-likeness (QED) is 0.420. The number of hydrogen-bond donors (Lipinski definition) is 4. The molecule has 1 fully saturated rings. The zero-order valence-electron chi connectivity index (χ0n) is 17.5. The van der Waals surface area contributed by atoms with E-state index in [1.54, 1.807) is 18.5 Å². The normalized spacial score (nSPS) is 24.0. The molecule has 1 aromatic rings. The van der Waals surface area contributed by atoms with Crippen molar-refractivity contribution in [2.45, 2.75) is 25.4 Å². The molecule has 0 aromatic heterocycles. The zero-order chi connectivity index (χ0) is 21.8. The summed E-state index contributed by atoms with van der Waals surface area (Å²) >= 11 is 0. The van der Waals surface area contributed by atoms with Gasteiger partial charge in [0.15, 0.2) is 0 Å². The summed E-state index contributed by atoms with van der Waals surface area (Å²) in [6, 6.07) is 3.86. The first-order valence-electron chi connectivity index (χ1n) is 10.3. The summed E-state index contributed by atoms with van der Waals surface area (Å²) in [5.74, 6) is 0.621. The number of aliphatic hydroxyl groups is 1. The molecule has 1 saturated heterocycles. The van der Waals surface area contributed by atoms with E-state index in [4.69, 9.17) is 14.9 Å². The molecule has 0 radical (unpaired) electrons. The first kappa shape index (κ1) is 21.1. The SMILES string of the molecule is CC1(CO)CCc2cc(NC(=O)/C(C=N)=C3\N=CC=CN3)c(N3CCOCC3)cc2O1. The van der Waals surface area contributed by atoms with E-state index in [1.807, 2.05) is 19.1 Å². The molecule has 9 heteroatoms. The van der Waals surface area contributed by atoms with Crippen LogP contribution in [0.3, 0.4) is 0 Å². The summed E-state index contributed by atoms with van der Waals surface area (Å²) in [6.07, 6.45) is 7.35. The summed E-state index contributed by atoms with van der Waals surface area (Å²) < 4.78 is 11.6. The molecule has 3 heterocycles. The molecule has 1 atom stereocenters. The summed E-state index contributed by atoms with van der Waals surface area (Å²) in [4.78, 5) is 19.3. The molecule has 1 unspecified atom stereocenters. The Morgan fingerprint density at radius 2 is 2.23 bits per heavy atom. The Morgan fingerprint density at radius 3 is 2.90 bits per heavy atom. The Kier molecular flexibility index (Phi) is 6.06. The number of aliphatic hydroxyl groups excluding tert-OH is 1. The molecule has 1 aromatic carbocycles. The Labute approximate surface area is 180 Å². The highest BCUT2D eigenvalue weighted by Gasteiger charge is 2.32. The monoisotopic (exact) mass is 425 g/mol. The number of carbonyl (C=O) groups is 1. The lowest BCUT2D eigenvalue weighted by molar-refractivity contribution is -0.112. The van der Waals surface area contributed by atoms with Crippen molar-refractivity contribution < 1.29 is 19.4 Å². The van der Waals surface area contributed by atoms with Crippen LogP contribution < -0.4 is 20.3 Å². The first-order valence-corrected chi connectivity index (χ1v) is 10.3. The molecule has 0 bridgehead atoms. The highest BCUT2D eigenvalue weighted by atomic mass is 16.5. The van der Waals surface area contributed by atoms with Crippen LogP contribution in [0.1, 0.15) is 18.9 Å². The van der Waals surface area contributed by atoms with Gasteiger partial charge in [-0.2, -0.15) is 0 Å². The van der Waals surface area contributed by atoms with E-state index in [9.17, 15) is 9.90 Å². The number of hydrogen-bond acceptors (Lipinski definition) is 8. The molecule has 3 aliphatic heterocycles. The van der Waals surface area contributed by atoms with Crippen molar-refractivity contribution >= 4 is 29.7 Å². The van der Waals surface area contributed by atoms with Gasteiger partial charge in [-0.05, 0) is 37.5 Å². The predicted molar refractivity (Wildman–Crippen MR) is 119 cm³/mol. The number of fused-ring (bicyclic) bond motifs is 1. The van der Waals surface area contributed by atoms with E-state index >= 15 is 0 Å². The molecule has 4 rings (SSSR count). The van der Waals surface area contributed by atoms with Crippen LogP contribution in [0, 0.1) is 5.41 Å². The molecule has 1 amide bonds. The van der Waals surface area contributed by atoms with Gasteiger partial charge in [0.05, 0.1) is 36.8 Å². The first-order chi connectivity index (χ1) is 15.0. The predicted octanol–water partition coefficient (Wildman–Crippen LogP) is 1.59. The Balaban J connectivity index is 1.69. The lowest BCUT2D eigenvalue weighted by atomic mass is 9.92. The highest BCUT2D eigenvalue weighted by molar-refractivity contribution is 6.18. The minimum absolute atomic E-state index is 0.0595. The fourth-order valence-corrected chi connectivity index (χ4v) is 3.80. The van der Waals surface area contributed by atoms with Gasteiger partial charge >= 0.3 is 0 Å². The average Bonchev–Trinajstić information content (AvgIpc) is 2.80. The molecule has 164 valence electrons. The van der Waals surface area contributed by atoms with Gasteiger partial charge in [0, 0.05) is 37.8 Å². The van der Waals surface area contributed by atoms with Crippen LogP contribution >= 0.6 is 0 Å². The topological polar surface area (TPSA) is 119 Å². The molecule has 4 N–H and O–H groups in total. The van der Waals surface area contributed by atoms with Crippen LogP contribution in [0.4, 0.5) is 11.4 Å². The number of aliphatic imine (C=N–C) groups is 1. The van der Waals surface area contributed by atoms with E-state index in [0.29, 0.717) is 44.2 Å². The minimum Gasteiger partial charge on any atom is -0.485 e.